The lowest BCUT2D eigenvalue weighted by Crippen LogP contribution is -2.27. The topological polar surface area (TPSA) is 41.1 Å². The highest BCUT2D eigenvalue weighted by Crippen LogP contribution is 2.48. The second-order valence-electron chi connectivity index (χ2n) is 4.28. The van der Waals surface area contributed by atoms with Crippen LogP contribution < -0.4 is 10.6 Å². The van der Waals surface area contributed by atoms with E-state index in [0.717, 1.165) is 12.8 Å². The molecule has 0 bridgehead atoms. The first kappa shape index (κ1) is 8.71. The fraction of sp³-hybridized carbons (Fsp3) is 0.364. The summed E-state index contributed by atoms with van der Waals surface area (Å²) in [5.41, 5.74) is 1.10. The molecular weight excluding hydrogens is 195 g/mol. The molecule has 1 spiro atoms. The molecule has 1 amide bonds. The summed E-state index contributed by atoms with van der Waals surface area (Å²) in [6.45, 7) is 0.606. The number of fused-ring (bicyclic) bond motifs is 1. The maximum absolute atomic E-state index is 13.0. The van der Waals surface area contributed by atoms with Crippen LogP contribution in [0.25, 0.3) is 0 Å². The van der Waals surface area contributed by atoms with Crippen LogP contribution in [0.2, 0.25) is 0 Å². The summed E-state index contributed by atoms with van der Waals surface area (Å²) in [4.78, 5) is 11.8. The lowest BCUT2D eigenvalue weighted by atomic mass is 10.1. The maximum atomic E-state index is 13.0. The first-order valence-corrected chi connectivity index (χ1v) is 5.05. The van der Waals surface area contributed by atoms with Crippen LogP contribution in [-0.4, -0.2) is 12.5 Å². The van der Waals surface area contributed by atoms with Crippen LogP contribution in [0.1, 0.15) is 12.8 Å². The summed E-state index contributed by atoms with van der Waals surface area (Å²) < 4.78 is 13.0. The Labute approximate surface area is 86.7 Å². The number of nitrogens with one attached hydrogen (secondary N) is 2. The normalized spacial score (nSPS) is 21.3. The number of carbonyl (C=O) groups is 1. The molecule has 2 aliphatic rings. The number of amides is 1. The van der Waals surface area contributed by atoms with Gasteiger partial charge in [-0.2, -0.15) is 0 Å². The van der Waals surface area contributed by atoms with Gasteiger partial charge in [0.2, 0.25) is 5.91 Å². The third-order valence-corrected chi connectivity index (χ3v) is 3.18. The third kappa shape index (κ3) is 1.28. The highest BCUT2D eigenvalue weighted by Gasteiger charge is 2.50. The highest BCUT2D eigenvalue weighted by atomic mass is 19.1. The molecule has 78 valence electrons. The zero-order valence-corrected chi connectivity index (χ0v) is 8.14. The quantitative estimate of drug-likeness (QED) is 0.681. The molecular formula is C11H11FN2O. The molecule has 15 heavy (non-hydrogen) atoms. The summed E-state index contributed by atoms with van der Waals surface area (Å²) in [7, 11) is 0. The van der Waals surface area contributed by atoms with E-state index in [2.05, 4.69) is 10.6 Å². The number of rotatable bonds is 0. The van der Waals surface area contributed by atoms with Gasteiger partial charge in [0.25, 0.3) is 0 Å². The van der Waals surface area contributed by atoms with Crippen molar-refractivity contribution in [1.29, 1.82) is 0 Å². The van der Waals surface area contributed by atoms with Gasteiger partial charge in [-0.3, -0.25) is 4.79 Å². The Bertz CT molecular complexity index is 440. The van der Waals surface area contributed by atoms with E-state index in [1.54, 1.807) is 6.07 Å². The van der Waals surface area contributed by atoms with Gasteiger partial charge < -0.3 is 10.6 Å². The first-order chi connectivity index (χ1) is 7.20. The van der Waals surface area contributed by atoms with E-state index in [0.29, 0.717) is 17.9 Å². The molecule has 0 unspecified atom stereocenters. The number of carbonyl (C=O) groups excluding carboxylic acids is 1. The van der Waals surface area contributed by atoms with Crippen LogP contribution in [-0.2, 0) is 4.79 Å². The smallest absolute Gasteiger partial charge is 0.232 e. The van der Waals surface area contributed by atoms with Crippen molar-refractivity contribution >= 4 is 17.3 Å². The molecule has 1 aromatic rings. The van der Waals surface area contributed by atoms with Gasteiger partial charge in [-0.05, 0) is 31.0 Å². The fourth-order valence-electron chi connectivity index (χ4n) is 1.93. The van der Waals surface area contributed by atoms with Crippen LogP contribution in [0.5, 0.6) is 0 Å². The van der Waals surface area contributed by atoms with Crippen molar-refractivity contribution in [3.8, 4) is 0 Å². The van der Waals surface area contributed by atoms with Gasteiger partial charge in [-0.15, -0.1) is 0 Å². The van der Waals surface area contributed by atoms with Crippen LogP contribution >= 0.6 is 0 Å². The second-order valence-corrected chi connectivity index (χ2v) is 4.28. The lowest BCUT2D eigenvalue weighted by Gasteiger charge is -2.08. The first-order valence-electron chi connectivity index (χ1n) is 5.05. The molecule has 0 aromatic heterocycles. The Morgan fingerprint density at radius 3 is 2.80 bits per heavy atom. The molecule has 0 atom stereocenters. The summed E-state index contributed by atoms with van der Waals surface area (Å²) in [5, 5.41) is 5.96. The Morgan fingerprint density at radius 1 is 1.27 bits per heavy atom. The molecule has 0 saturated heterocycles. The summed E-state index contributed by atoms with van der Waals surface area (Å²) in [6, 6.07) is 4.36. The van der Waals surface area contributed by atoms with Crippen LogP contribution in [0.4, 0.5) is 15.8 Å². The Kier molecular flexibility index (Phi) is 1.58. The maximum Gasteiger partial charge on any atom is 0.232 e. The van der Waals surface area contributed by atoms with Crippen molar-refractivity contribution in [2.75, 3.05) is 17.2 Å². The summed E-state index contributed by atoms with van der Waals surface area (Å²) in [6.07, 6.45) is 1.84. The number of hydrogen-bond donors (Lipinski definition) is 2. The van der Waals surface area contributed by atoms with E-state index in [4.69, 9.17) is 0 Å². The van der Waals surface area contributed by atoms with Gasteiger partial charge in [0, 0.05) is 6.54 Å². The SMILES string of the molecule is O=C1Nc2ccc(F)cc2NCC12CC2. The van der Waals surface area contributed by atoms with Gasteiger partial charge in [0.05, 0.1) is 16.8 Å². The van der Waals surface area contributed by atoms with E-state index in [1.807, 2.05) is 0 Å². The molecule has 0 radical (unpaired) electrons. The van der Waals surface area contributed by atoms with Crippen LogP contribution in [0.3, 0.4) is 0 Å². The monoisotopic (exact) mass is 206 g/mol. The molecule has 4 heteroatoms. The lowest BCUT2D eigenvalue weighted by molar-refractivity contribution is -0.120. The second kappa shape index (κ2) is 2.72. The van der Waals surface area contributed by atoms with Crippen molar-refractivity contribution in [1.82, 2.24) is 0 Å². The van der Waals surface area contributed by atoms with Crippen molar-refractivity contribution in [2.45, 2.75) is 12.8 Å². The molecule has 1 aliphatic heterocycles. The van der Waals surface area contributed by atoms with Gasteiger partial charge in [-0.1, -0.05) is 0 Å². The molecule has 1 aromatic carbocycles. The number of halogens is 1. The number of anilines is 2. The van der Waals surface area contributed by atoms with Gasteiger partial charge in [0.1, 0.15) is 5.82 Å². The fourth-order valence-corrected chi connectivity index (χ4v) is 1.93. The molecule has 2 N–H and O–H groups in total. The van der Waals surface area contributed by atoms with Gasteiger partial charge in [0.15, 0.2) is 0 Å². The van der Waals surface area contributed by atoms with Crippen molar-refractivity contribution < 1.29 is 9.18 Å². The van der Waals surface area contributed by atoms with Gasteiger partial charge in [-0.25, -0.2) is 4.39 Å². The van der Waals surface area contributed by atoms with E-state index < -0.39 is 0 Å². The molecule has 1 aliphatic carbocycles. The Balaban J connectivity index is 2.00. The van der Waals surface area contributed by atoms with Crippen molar-refractivity contribution in [2.24, 2.45) is 5.41 Å². The number of benzene rings is 1. The van der Waals surface area contributed by atoms with E-state index in [-0.39, 0.29) is 17.1 Å². The van der Waals surface area contributed by atoms with Gasteiger partial charge >= 0.3 is 0 Å². The molecule has 1 fully saturated rings. The average Bonchev–Trinajstić information content (AvgIpc) is 3.00. The zero-order chi connectivity index (χ0) is 10.5. The minimum atomic E-state index is -0.290. The third-order valence-electron chi connectivity index (χ3n) is 3.18. The Hall–Kier alpha value is -1.58. The highest BCUT2D eigenvalue weighted by molar-refractivity contribution is 6.01. The van der Waals surface area contributed by atoms with E-state index >= 15 is 0 Å². The van der Waals surface area contributed by atoms with Crippen molar-refractivity contribution in [3.63, 3.8) is 0 Å². The molecule has 1 saturated carbocycles. The van der Waals surface area contributed by atoms with Crippen molar-refractivity contribution in [3.05, 3.63) is 24.0 Å². The predicted octanol–water partition coefficient (Wildman–Crippen LogP) is 1.97. The minimum Gasteiger partial charge on any atom is -0.382 e. The molecule has 1 heterocycles. The van der Waals surface area contributed by atoms with Crippen LogP contribution in [0.15, 0.2) is 18.2 Å². The Morgan fingerprint density at radius 2 is 2.07 bits per heavy atom. The molecule has 3 nitrogen and oxygen atoms in total. The zero-order valence-electron chi connectivity index (χ0n) is 8.14. The van der Waals surface area contributed by atoms with E-state index in [9.17, 15) is 9.18 Å². The number of hydrogen-bond acceptors (Lipinski definition) is 2. The largest absolute Gasteiger partial charge is 0.382 e. The minimum absolute atomic E-state index is 0.0559. The van der Waals surface area contributed by atoms with Crippen LogP contribution in [0, 0.1) is 11.2 Å². The predicted molar refractivity (Wildman–Crippen MR) is 55.2 cm³/mol. The average molecular weight is 206 g/mol. The van der Waals surface area contributed by atoms with E-state index in [1.165, 1.54) is 12.1 Å². The summed E-state index contributed by atoms with van der Waals surface area (Å²) in [5.74, 6) is -0.234. The molecule has 3 rings (SSSR count). The summed E-state index contributed by atoms with van der Waals surface area (Å²) >= 11 is 0. The standard InChI is InChI=1S/C11H11FN2O/c12-7-1-2-8-9(5-7)13-6-11(3-4-11)10(15)14-8/h1-2,5,13H,3-4,6H2,(H,14,15).